The topological polar surface area (TPSA) is 26.0 Å². The molecule has 1 heterocycles. The zero-order chi connectivity index (χ0) is 9.26. The van der Waals surface area contributed by atoms with Crippen molar-refractivity contribution >= 4 is 11.3 Å². The van der Waals surface area contributed by atoms with Gasteiger partial charge in [0.05, 0.1) is 0 Å². The van der Waals surface area contributed by atoms with Crippen molar-refractivity contribution in [2.75, 3.05) is 6.54 Å². The fourth-order valence-corrected chi connectivity index (χ4v) is 3.45. The van der Waals surface area contributed by atoms with Gasteiger partial charge in [-0.1, -0.05) is 6.42 Å². The summed E-state index contributed by atoms with van der Waals surface area (Å²) in [5.74, 6) is 1.52. The van der Waals surface area contributed by atoms with Crippen molar-refractivity contribution in [2.45, 2.75) is 32.1 Å². The number of thiophene rings is 1. The summed E-state index contributed by atoms with van der Waals surface area (Å²) in [6, 6.07) is 4.52. The van der Waals surface area contributed by atoms with Gasteiger partial charge in [0.2, 0.25) is 0 Å². The van der Waals surface area contributed by atoms with Crippen molar-refractivity contribution in [1.82, 2.24) is 0 Å². The van der Waals surface area contributed by atoms with Crippen LogP contribution in [-0.2, 0) is 0 Å². The highest BCUT2D eigenvalue weighted by Crippen LogP contribution is 2.41. The first-order valence-electron chi connectivity index (χ1n) is 5.07. The van der Waals surface area contributed by atoms with Crippen LogP contribution in [0.25, 0.3) is 0 Å². The number of aryl methyl sites for hydroxylation is 1. The molecule has 1 aromatic rings. The Bertz CT molecular complexity index is 279. The highest BCUT2D eigenvalue weighted by Gasteiger charge is 2.28. The van der Waals surface area contributed by atoms with Crippen LogP contribution in [0.4, 0.5) is 0 Å². The normalized spacial score (nSPS) is 28.2. The highest BCUT2D eigenvalue weighted by molar-refractivity contribution is 7.12. The Morgan fingerprint density at radius 1 is 1.46 bits per heavy atom. The molecule has 0 aliphatic heterocycles. The average Bonchev–Trinajstić information content (AvgIpc) is 2.71. The molecule has 1 aromatic heterocycles. The Labute approximate surface area is 84.0 Å². The molecule has 1 nitrogen and oxygen atoms in total. The lowest BCUT2D eigenvalue weighted by atomic mass is 9.95. The summed E-state index contributed by atoms with van der Waals surface area (Å²) in [6.45, 7) is 3.04. The van der Waals surface area contributed by atoms with Crippen LogP contribution in [0.3, 0.4) is 0 Å². The van der Waals surface area contributed by atoms with E-state index in [1.807, 2.05) is 11.3 Å². The molecule has 0 bridgehead atoms. The zero-order valence-corrected chi connectivity index (χ0v) is 8.94. The SMILES string of the molecule is Cc1ccc(C2CCCC2CN)s1. The molecule has 0 amide bonds. The Morgan fingerprint density at radius 3 is 2.92 bits per heavy atom. The molecule has 1 aliphatic carbocycles. The summed E-state index contributed by atoms with van der Waals surface area (Å²) >= 11 is 1.95. The maximum atomic E-state index is 5.77. The summed E-state index contributed by atoms with van der Waals surface area (Å²) in [7, 11) is 0. The van der Waals surface area contributed by atoms with Gasteiger partial charge in [0, 0.05) is 9.75 Å². The van der Waals surface area contributed by atoms with Crippen molar-refractivity contribution in [3.63, 3.8) is 0 Å². The van der Waals surface area contributed by atoms with Gasteiger partial charge in [0.1, 0.15) is 0 Å². The third-order valence-corrected chi connectivity index (χ3v) is 4.22. The molecule has 72 valence electrons. The van der Waals surface area contributed by atoms with Gasteiger partial charge in [-0.2, -0.15) is 0 Å². The van der Waals surface area contributed by atoms with E-state index in [0.29, 0.717) is 0 Å². The van der Waals surface area contributed by atoms with Gasteiger partial charge in [-0.15, -0.1) is 11.3 Å². The lowest BCUT2D eigenvalue weighted by molar-refractivity contribution is 0.502. The van der Waals surface area contributed by atoms with Crippen LogP contribution in [0.15, 0.2) is 12.1 Å². The van der Waals surface area contributed by atoms with Gasteiger partial charge in [0.15, 0.2) is 0 Å². The van der Waals surface area contributed by atoms with E-state index in [4.69, 9.17) is 5.73 Å². The van der Waals surface area contributed by atoms with E-state index in [-0.39, 0.29) is 0 Å². The van der Waals surface area contributed by atoms with Crippen LogP contribution >= 0.6 is 11.3 Å². The van der Waals surface area contributed by atoms with Crippen LogP contribution in [0, 0.1) is 12.8 Å². The van der Waals surface area contributed by atoms with E-state index in [9.17, 15) is 0 Å². The molecular formula is C11H17NS. The Kier molecular flexibility index (Phi) is 2.70. The molecule has 0 spiro atoms. The Morgan fingerprint density at radius 2 is 2.31 bits per heavy atom. The number of hydrogen-bond acceptors (Lipinski definition) is 2. The smallest absolute Gasteiger partial charge is 0.00822 e. The predicted octanol–water partition coefficient (Wildman–Crippen LogP) is 2.90. The molecule has 2 N–H and O–H groups in total. The number of hydrogen-bond donors (Lipinski definition) is 1. The molecule has 13 heavy (non-hydrogen) atoms. The lowest BCUT2D eigenvalue weighted by Gasteiger charge is -2.15. The number of rotatable bonds is 2. The quantitative estimate of drug-likeness (QED) is 0.771. The van der Waals surface area contributed by atoms with E-state index in [0.717, 1.165) is 18.4 Å². The maximum Gasteiger partial charge on any atom is 0.00822 e. The standard InChI is InChI=1S/C11H17NS/c1-8-5-6-11(13-8)10-4-2-3-9(10)7-12/h5-6,9-10H,2-4,7,12H2,1H3. The second-order valence-corrected chi connectivity index (χ2v) is 5.30. The molecule has 1 aliphatic rings. The first-order chi connectivity index (χ1) is 6.31. The van der Waals surface area contributed by atoms with E-state index in [2.05, 4.69) is 19.1 Å². The van der Waals surface area contributed by atoms with Gasteiger partial charge < -0.3 is 5.73 Å². The van der Waals surface area contributed by atoms with Crippen LogP contribution in [0.5, 0.6) is 0 Å². The summed E-state index contributed by atoms with van der Waals surface area (Å²) in [5, 5.41) is 0. The molecule has 0 radical (unpaired) electrons. The van der Waals surface area contributed by atoms with Crippen molar-refractivity contribution in [3.8, 4) is 0 Å². The minimum Gasteiger partial charge on any atom is -0.330 e. The predicted molar refractivity (Wildman–Crippen MR) is 58.2 cm³/mol. The molecule has 2 unspecified atom stereocenters. The fourth-order valence-electron chi connectivity index (χ4n) is 2.35. The van der Waals surface area contributed by atoms with Gasteiger partial charge in [-0.05, 0) is 50.3 Å². The van der Waals surface area contributed by atoms with Crippen molar-refractivity contribution in [3.05, 3.63) is 21.9 Å². The molecule has 2 rings (SSSR count). The second kappa shape index (κ2) is 3.81. The van der Waals surface area contributed by atoms with Crippen LogP contribution in [-0.4, -0.2) is 6.54 Å². The fraction of sp³-hybridized carbons (Fsp3) is 0.636. The molecular weight excluding hydrogens is 178 g/mol. The van der Waals surface area contributed by atoms with Crippen LogP contribution in [0.1, 0.15) is 34.9 Å². The van der Waals surface area contributed by atoms with Gasteiger partial charge in [-0.25, -0.2) is 0 Å². The molecule has 1 fully saturated rings. The van der Waals surface area contributed by atoms with E-state index < -0.39 is 0 Å². The minimum absolute atomic E-state index is 0.748. The lowest BCUT2D eigenvalue weighted by Crippen LogP contribution is -2.16. The maximum absolute atomic E-state index is 5.77. The van der Waals surface area contributed by atoms with Crippen molar-refractivity contribution < 1.29 is 0 Å². The van der Waals surface area contributed by atoms with Gasteiger partial charge in [-0.3, -0.25) is 0 Å². The average molecular weight is 195 g/mol. The highest BCUT2D eigenvalue weighted by atomic mass is 32.1. The van der Waals surface area contributed by atoms with Crippen molar-refractivity contribution in [2.24, 2.45) is 11.7 Å². The van der Waals surface area contributed by atoms with Crippen LogP contribution in [0.2, 0.25) is 0 Å². The third kappa shape index (κ3) is 1.79. The molecule has 0 aromatic carbocycles. The molecule has 2 heteroatoms. The van der Waals surface area contributed by atoms with E-state index in [1.54, 1.807) is 4.88 Å². The Hall–Kier alpha value is -0.340. The monoisotopic (exact) mass is 195 g/mol. The molecule has 2 atom stereocenters. The summed E-state index contributed by atoms with van der Waals surface area (Å²) in [6.07, 6.45) is 4.05. The van der Waals surface area contributed by atoms with E-state index in [1.165, 1.54) is 24.1 Å². The zero-order valence-electron chi connectivity index (χ0n) is 8.12. The summed E-state index contributed by atoms with van der Waals surface area (Å²) in [5.41, 5.74) is 5.77. The van der Waals surface area contributed by atoms with Gasteiger partial charge >= 0.3 is 0 Å². The van der Waals surface area contributed by atoms with Crippen molar-refractivity contribution in [1.29, 1.82) is 0 Å². The first kappa shape index (κ1) is 9.22. The Balaban J connectivity index is 2.15. The summed E-state index contributed by atoms with van der Waals surface area (Å²) < 4.78 is 0. The van der Waals surface area contributed by atoms with Gasteiger partial charge in [0.25, 0.3) is 0 Å². The summed E-state index contributed by atoms with van der Waals surface area (Å²) in [4.78, 5) is 2.99. The second-order valence-electron chi connectivity index (χ2n) is 3.98. The third-order valence-electron chi connectivity index (χ3n) is 3.09. The molecule has 1 saturated carbocycles. The van der Waals surface area contributed by atoms with Crippen LogP contribution < -0.4 is 5.73 Å². The molecule has 0 saturated heterocycles. The first-order valence-corrected chi connectivity index (χ1v) is 5.89. The minimum atomic E-state index is 0.748. The largest absolute Gasteiger partial charge is 0.330 e. The number of nitrogens with two attached hydrogens (primary N) is 1. The van der Waals surface area contributed by atoms with E-state index >= 15 is 0 Å².